The van der Waals surface area contributed by atoms with Crippen LogP contribution in [-0.4, -0.2) is 9.78 Å². The van der Waals surface area contributed by atoms with E-state index in [0.717, 1.165) is 11.4 Å². The molecule has 2 aromatic carbocycles. The highest BCUT2D eigenvalue weighted by molar-refractivity contribution is 7.98. The maximum absolute atomic E-state index is 13.7. The molecule has 0 amide bonds. The third-order valence-electron chi connectivity index (χ3n) is 3.00. The van der Waals surface area contributed by atoms with Gasteiger partial charge in [0, 0.05) is 22.5 Å². The Morgan fingerprint density at radius 2 is 1.90 bits per heavy atom. The van der Waals surface area contributed by atoms with Crippen molar-refractivity contribution in [2.75, 3.05) is 5.73 Å². The highest BCUT2D eigenvalue weighted by Gasteiger charge is 2.06. The van der Waals surface area contributed by atoms with Crippen molar-refractivity contribution in [3.05, 3.63) is 72.3 Å². The smallest absolute Gasteiger partial charge is 0.138 e. The van der Waals surface area contributed by atoms with Gasteiger partial charge in [-0.3, -0.25) is 0 Å². The van der Waals surface area contributed by atoms with Gasteiger partial charge >= 0.3 is 0 Å². The van der Waals surface area contributed by atoms with Crippen molar-refractivity contribution in [1.82, 2.24) is 9.78 Å². The fourth-order valence-corrected chi connectivity index (χ4v) is 2.77. The molecule has 0 unspecified atom stereocenters. The minimum absolute atomic E-state index is 0.289. The molecule has 106 valence electrons. The van der Waals surface area contributed by atoms with Crippen molar-refractivity contribution in [3.63, 3.8) is 0 Å². The zero-order chi connectivity index (χ0) is 14.7. The quantitative estimate of drug-likeness (QED) is 0.587. The van der Waals surface area contributed by atoms with Crippen LogP contribution in [0.4, 0.5) is 10.1 Å². The van der Waals surface area contributed by atoms with Crippen LogP contribution in [0.1, 0.15) is 5.69 Å². The number of hydrogen-bond acceptors (Lipinski definition) is 3. The summed E-state index contributed by atoms with van der Waals surface area (Å²) in [6.45, 7) is 0. The lowest BCUT2D eigenvalue weighted by Crippen LogP contribution is -1.95. The SMILES string of the molecule is Nc1ccc(SCc2ccn(-c3ccccc3)n2)c(F)c1. The van der Waals surface area contributed by atoms with E-state index in [-0.39, 0.29) is 5.82 Å². The maximum Gasteiger partial charge on any atom is 0.138 e. The number of thioether (sulfide) groups is 1. The number of aromatic nitrogens is 2. The largest absolute Gasteiger partial charge is 0.399 e. The molecule has 0 aliphatic carbocycles. The van der Waals surface area contributed by atoms with Crippen LogP contribution in [-0.2, 0) is 5.75 Å². The summed E-state index contributed by atoms with van der Waals surface area (Å²) < 4.78 is 15.5. The number of rotatable bonds is 4. The maximum atomic E-state index is 13.7. The molecule has 1 aromatic heterocycles. The van der Waals surface area contributed by atoms with Crippen molar-refractivity contribution in [2.45, 2.75) is 10.6 Å². The normalized spacial score (nSPS) is 10.7. The first-order valence-corrected chi connectivity index (χ1v) is 7.49. The van der Waals surface area contributed by atoms with E-state index >= 15 is 0 Å². The molecule has 0 saturated carbocycles. The van der Waals surface area contributed by atoms with E-state index in [0.29, 0.717) is 16.3 Å². The number of anilines is 1. The number of nitrogen functional groups attached to an aromatic ring is 1. The number of halogens is 1. The third-order valence-corrected chi connectivity index (χ3v) is 4.08. The van der Waals surface area contributed by atoms with Gasteiger partial charge in [0.25, 0.3) is 0 Å². The lowest BCUT2D eigenvalue weighted by Gasteiger charge is -2.03. The first-order valence-electron chi connectivity index (χ1n) is 6.50. The highest BCUT2D eigenvalue weighted by Crippen LogP contribution is 2.26. The third kappa shape index (κ3) is 3.25. The Morgan fingerprint density at radius 3 is 2.67 bits per heavy atom. The molecular formula is C16H14FN3S. The standard InChI is InChI=1S/C16H14FN3S/c17-15-10-12(18)6-7-16(15)21-11-13-8-9-20(19-13)14-4-2-1-3-5-14/h1-10H,11,18H2. The Labute approximate surface area is 126 Å². The molecule has 2 N–H and O–H groups in total. The molecule has 5 heteroatoms. The van der Waals surface area contributed by atoms with E-state index in [9.17, 15) is 4.39 Å². The Morgan fingerprint density at radius 1 is 1.10 bits per heavy atom. The first kappa shape index (κ1) is 13.7. The molecule has 0 fully saturated rings. The number of nitrogens with two attached hydrogens (primary N) is 1. The van der Waals surface area contributed by atoms with Gasteiger partial charge in [-0.2, -0.15) is 5.10 Å². The van der Waals surface area contributed by atoms with Crippen LogP contribution in [0.5, 0.6) is 0 Å². The second kappa shape index (κ2) is 6.01. The van der Waals surface area contributed by atoms with E-state index < -0.39 is 0 Å². The summed E-state index contributed by atoms with van der Waals surface area (Å²) in [5.74, 6) is 0.322. The molecule has 1 heterocycles. The molecule has 0 radical (unpaired) electrons. The molecule has 0 aliphatic heterocycles. The minimum Gasteiger partial charge on any atom is -0.399 e. The monoisotopic (exact) mass is 299 g/mol. The van der Waals surface area contributed by atoms with Crippen LogP contribution in [0.2, 0.25) is 0 Å². The van der Waals surface area contributed by atoms with Crippen molar-refractivity contribution < 1.29 is 4.39 Å². The van der Waals surface area contributed by atoms with Crippen LogP contribution < -0.4 is 5.73 Å². The fraction of sp³-hybridized carbons (Fsp3) is 0.0625. The Hall–Kier alpha value is -2.27. The lowest BCUT2D eigenvalue weighted by molar-refractivity contribution is 0.602. The lowest BCUT2D eigenvalue weighted by atomic mass is 10.3. The van der Waals surface area contributed by atoms with Crippen molar-refractivity contribution in [2.24, 2.45) is 0 Å². The van der Waals surface area contributed by atoms with E-state index in [4.69, 9.17) is 5.73 Å². The van der Waals surface area contributed by atoms with Gasteiger partial charge in [-0.15, -0.1) is 11.8 Å². The average Bonchev–Trinajstić information content (AvgIpc) is 2.96. The zero-order valence-electron chi connectivity index (χ0n) is 11.2. The molecule has 3 nitrogen and oxygen atoms in total. The topological polar surface area (TPSA) is 43.8 Å². The molecule has 3 aromatic rings. The van der Waals surface area contributed by atoms with Crippen LogP contribution in [0.3, 0.4) is 0 Å². The molecule has 21 heavy (non-hydrogen) atoms. The van der Waals surface area contributed by atoms with Crippen molar-refractivity contribution in [3.8, 4) is 5.69 Å². The predicted octanol–water partition coefficient (Wildman–Crippen LogP) is 3.89. The number of benzene rings is 2. The Bertz CT molecular complexity index is 740. The van der Waals surface area contributed by atoms with Crippen LogP contribution in [0.25, 0.3) is 5.69 Å². The number of hydrogen-bond donors (Lipinski definition) is 1. The second-order valence-corrected chi connectivity index (χ2v) is 5.58. The van der Waals surface area contributed by atoms with Gasteiger partial charge in [0.05, 0.1) is 11.4 Å². The van der Waals surface area contributed by atoms with E-state index in [1.54, 1.807) is 12.1 Å². The Balaban J connectivity index is 1.70. The summed E-state index contributed by atoms with van der Waals surface area (Å²) in [4.78, 5) is 0.582. The number of nitrogens with zero attached hydrogens (tertiary/aromatic N) is 2. The van der Waals surface area contributed by atoms with Gasteiger partial charge < -0.3 is 5.73 Å². The molecule has 0 aliphatic rings. The van der Waals surface area contributed by atoms with E-state index in [1.807, 2.05) is 47.3 Å². The van der Waals surface area contributed by atoms with Gasteiger partial charge in [-0.1, -0.05) is 18.2 Å². The molecule has 3 rings (SSSR count). The Kier molecular flexibility index (Phi) is 3.92. The van der Waals surface area contributed by atoms with Crippen LogP contribution >= 0.6 is 11.8 Å². The predicted molar refractivity (Wildman–Crippen MR) is 83.9 cm³/mol. The highest BCUT2D eigenvalue weighted by atomic mass is 32.2. The molecular weight excluding hydrogens is 285 g/mol. The second-order valence-electron chi connectivity index (χ2n) is 4.57. The summed E-state index contributed by atoms with van der Waals surface area (Å²) in [5.41, 5.74) is 7.88. The van der Waals surface area contributed by atoms with E-state index in [1.165, 1.54) is 17.8 Å². The molecule has 0 bridgehead atoms. The van der Waals surface area contributed by atoms with Crippen LogP contribution in [0.15, 0.2) is 65.7 Å². The van der Waals surface area contributed by atoms with Crippen molar-refractivity contribution >= 4 is 17.4 Å². The van der Waals surface area contributed by atoms with Gasteiger partial charge in [0.2, 0.25) is 0 Å². The number of para-hydroxylation sites is 1. The summed E-state index contributed by atoms with van der Waals surface area (Å²) in [7, 11) is 0. The van der Waals surface area contributed by atoms with Gasteiger partial charge in [0.15, 0.2) is 0 Å². The minimum atomic E-state index is -0.289. The summed E-state index contributed by atoms with van der Waals surface area (Å²) >= 11 is 1.41. The molecule has 0 spiro atoms. The van der Waals surface area contributed by atoms with Crippen molar-refractivity contribution in [1.29, 1.82) is 0 Å². The first-order chi connectivity index (χ1) is 10.2. The summed E-state index contributed by atoms with van der Waals surface area (Å²) in [6.07, 6.45) is 1.91. The zero-order valence-corrected chi connectivity index (χ0v) is 12.1. The fourth-order valence-electron chi connectivity index (χ4n) is 1.95. The van der Waals surface area contributed by atoms with E-state index in [2.05, 4.69) is 5.10 Å². The van der Waals surface area contributed by atoms with Crippen LogP contribution in [0, 0.1) is 5.82 Å². The summed E-state index contributed by atoms with van der Waals surface area (Å²) in [5, 5.41) is 4.49. The summed E-state index contributed by atoms with van der Waals surface area (Å²) in [6, 6.07) is 16.6. The van der Waals surface area contributed by atoms with Gasteiger partial charge in [0.1, 0.15) is 5.82 Å². The van der Waals surface area contributed by atoms with Gasteiger partial charge in [-0.25, -0.2) is 9.07 Å². The molecule has 0 saturated heterocycles. The average molecular weight is 299 g/mol. The molecule has 0 atom stereocenters. The van der Waals surface area contributed by atoms with Gasteiger partial charge in [-0.05, 0) is 36.4 Å².